The molecule has 17 heavy (non-hydrogen) atoms. The van der Waals surface area contributed by atoms with Crippen LogP contribution in [0.2, 0.25) is 0 Å². The van der Waals surface area contributed by atoms with Crippen molar-refractivity contribution in [3.8, 4) is 11.5 Å². The first-order valence-electron chi connectivity index (χ1n) is 4.65. The molecule has 0 radical (unpaired) electrons. The Morgan fingerprint density at radius 1 is 1.53 bits per heavy atom. The Bertz CT molecular complexity index is 594. The van der Waals surface area contributed by atoms with Gasteiger partial charge in [0.25, 0.3) is 0 Å². The van der Waals surface area contributed by atoms with Crippen LogP contribution in [-0.4, -0.2) is 16.1 Å². The zero-order valence-corrected chi connectivity index (χ0v) is 12.4. The van der Waals surface area contributed by atoms with Gasteiger partial charge in [-0.2, -0.15) is 0 Å². The van der Waals surface area contributed by atoms with Crippen LogP contribution in [0.1, 0.15) is 16.2 Å². The molecule has 1 aromatic carbocycles. The van der Waals surface area contributed by atoms with E-state index in [1.807, 2.05) is 18.2 Å². The number of aromatic nitrogens is 1. The summed E-state index contributed by atoms with van der Waals surface area (Å²) in [6.07, 6.45) is 0. The molecular formula is C11H7BrINO3. The Hall–Kier alpha value is -0.890. The minimum Gasteiger partial charge on any atom is -0.475 e. The minimum atomic E-state index is -1.11. The van der Waals surface area contributed by atoms with Crippen LogP contribution in [0, 0.1) is 10.5 Å². The lowest BCUT2D eigenvalue weighted by Gasteiger charge is -2.00. The second-order valence-electron chi connectivity index (χ2n) is 3.36. The van der Waals surface area contributed by atoms with E-state index in [1.165, 1.54) is 0 Å². The van der Waals surface area contributed by atoms with E-state index in [-0.39, 0.29) is 5.76 Å². The average molecular weight is 408 g/mol. The predicted molar refractivity (Wildman–Crippen MR) is 74.1 cm³/mol. The molecule has 0 amide bonds. The third-order valence-corrected chi connectivity index (χ3v) is 3.58. The quantitative estimate of drug-likeness (QED) is 0.770. The van der Waals surface area contributed by atoms with Crippen molar-refractivity contribution >= 4 is 44.5 Å². The molecule has 0 saturated carbocycles. The molecule has 6 heteroatoms. The van der Waals surface area contributed by atoms with Crippen LogP contribution < -0.4 is 0 Å². The predicted octanol–water partition coefficient (Wildman–Crippen LogP) is 3.72. The number of rotatable bonds is 2. The first kappa shape index (κ1) is 12.6. The van der Waals surface area contributed by atoms with E-state index < -0.39 is 5.97 Å². The normalized spacial score (nSPS) is 10.5. The summed E-state index contributed by atoms with van der Waals surface area (Å²) in [6.45, 7) is 1.61. The van der Waals surface area contributed by atoms with Gasteiger partial charge in [0.2, 0.25) is 11.7 Å². The fraction of sp³-hybridized carbons (Fsp3) is 0.0909. The van der Waals surface area contributed by atoms with E-state index in [9.17, 15) is 4.79 Å². The SMILES string of the molecule is Cc1nc(-c2cc(Br)ccc2I)oc1C(=O)O. The number of carboxylic acids is 1. The molecule has 1 N–H and O–H groups in total. The van der Waals surface area contributed by atoms with E-state index >= 15 is 0 Å². The van der Waals surface area contributed by atoms with Gasteiger partial charge in [-0.05, 0) is 47.7 Å². The molecule has 0 bridgehead atoms. The Labute approximate surface area is 119 Å². The molecule has 2 rings (SSSR count). The summed E-state index contributed by atoms with van der Waals surface area (Å²) in [7, 11) is 0. The molecule has 0 spiro atoms. The summed E-state index contributed by atoms with van der Waals surface area (Å²) in [5, 5.41) is 8.90. The molecule has 0 fully saturated rings. The largest absolute Gasteiger partial charge is 0.475 e. The zero-order chi connectivity index (χ0) is 12.6. The van der Waals surface area contributed by atoms with Crippen LogP contribution in [0.3, 0.4) is 0 Å². The van der Waals surface area contributed by atoms with E-state index in [4.69, 9.17) is 9.52 Å². The second kappa shape index (κ2) is 4.77. The van der Waals surface area contributed by atoms with E-state index in [0.717, 1.165) is 13.6 Å². The van der Waals surface area contributed by atoms with Crippen molar-refractivity contribution in [2.75, 3.05) is 0 Å². The molecule has 0 saturated heterocycles. The summed E-state index contributed by atoms with van der Waals surface area (Å²) in [6, 6.07) is 5.65. The van der Waals surface area contributed by atoms with E-state index in [1.54, 1.807) is 6.92 Å². The Morgan fingerprint density at radius 3 is 2.82 bits per heavy atom. The monoisotopic (exact) mass is 407 g/mol. The molecule has 0 atom stereocenters. The van der Waals surface area contributed by atoms with Crippen molar-refractivity contribution in [2.45, 2.75) is 6.92 Å². The summed E-state index contributed by atoms with van der Waals surface area (Å²) >= 11 is 5.51. The van der Waals surface area contributed by atoms with Gasteiger partial charge in [0.1, 0.15) is 0 Å². The van der Waals surface area contributed by atoms with Crippen LogP contribution in [0.4, 0.5) is 0 Å². The third-order valence-electron chi connectivity index (χ3n) is 2.15. The number of carboxylic acid groups (broad SMARTS) is 1. The van der Waals surface area contributed by atoms with Crippen LogP contribution in [0.5, 0.6) is 0 Å². The Kier molecular flexibility index (Phi) is 3.53. The summed E-state index contributed by atoms with van der Waals surface area (Å²) < 4.78 is 7.10. The van der Waals surface area contributed by atoms with Crippen LogP contribution in [-0.2, 0) is 0 Å². The number of aromatic carboxylic acids is 1. The zero-order valence-electron chi connectivity index (χ0n) is 8.70. The topological polar surface area (TPSA) is 63.3 Å². The van der Waals surface area contributed by atoms with Crippen LogP contribution in [0.15, 0.2) is 27.1 Å². The van der Waals surface area contributed by atoms with E-state index in [2.05, 4.69) is 43.5 Å². The average Bonchev–Trinajstić information content (AvgIpc) is 2.64. The lowest BCUT2D eigenvalue weighted by molar-refractivity contribution is 0.0662. The summed E-state index contributed by atoms with van der Waals surface area (Å²) in [5.41, 5.74) is 1.15. The number of benzene rings is 1. The molecule has 1 aromatic heterocycles. The van der Waals surface area contributed by atoms with Gasteiger partial charge >= 0.3 is 5.97 Å². The van der Waals surface area contributed by atoms with Gasteiger partial charge in [0.15, 0.2) is 0 Å². The Balaban J connectivity index is 2.57. The Morgan fingerprint density at radius 2 is 2.24 bits per heavy atom. The number of aryl methyl sites for hydroxylation is 1. The highest BCUT2D eigenvalue weighted by Gasteiger charge is 2.18. The van der Waals surface area contributed by atoms with Gasteiger partial charge in [-0.1, -0.05) is 15.9 Å². The lowest BCUT2D eigenvalue weighted by Crippen LogP contribution is -1.95. The first-order chi connectivity index (χ1) is 7.99. The molecule has 1 heterocycles. The van der Waals surface area contributed by atoms with Gasteiger partial charge in [0, 0.05) is 8.04 Å². The van der Waals surface area contributed by atoms with Crippen LogP contribution >= 0.6 is 38.5 Å². The molecule has 0 aliphatic heterocycles. The number of oxazole rings is 1. The van der Waals surface area contributed by atoms with Gasteiger partial charge in [-0.3, -0.25) is 0 Å². The molecule has 2 aromatic rings. The summed E-state index contributed by atoms with van der Waals surface area (Å²) in [4.78, 5) is 15.0. The lowest BCUT2D eigenvalue weighted by atomic mass is 10.2. The smallest absolute Gasteiger partial charge is 0.373 e. The van der Waals surface area contributed by atoms with Crippen LogP contribution in [0.25, 0.3) is 11.5 Å². The number of hydrogen-bond acceptors (Lipinski definition) is 3. The maximum Gasteiger partial charge on any atom is 0.373 e. The van der Waals surface area contributed by atoms with Crippen molar-refractivity contribution in [1.82, 2.24) is 4.98 Å². The maximum atomic E-state index is 10.9. The number of hydrogen-bond donors (Lipinski definition) is 1. The molecule has 0 aliphatic rings. The van der Waals surface area contributed by atoms with Gasteiger partial charge < -0.3 is 9.52 Å². The number of carbonyl (C=O) groups is 1. The van der Waals surface area contributed by atoms with Gasteiger partial charge in [-0.25, -0.2) is 9.78 Å². The highest BCUT2D eigenvalue weighted by molar-refractivity contribution is 14.1. The number of nitrogens with zero attached hydrogens (tertiary/aromatic N) is 1. The molecular weight excluding hydrogens is 401 g/mol. The fourth-order valence-electron chi connectivity index (χ4n) is 1.37. The number of halogens is 2. The highest BCUT2D eigenvalue weighted by atomic mass is 127. The molecule has 0 aliphatic carbocycles. The highest BCUT2D eigenvalue weighted by Crippen LogP contribution is 2.29. The van der Waals surface area contributed by atoms with Gasteiger partial charge in [0.05, 0.1) is 11.3 Å². The van der Waals surface area contributed by atoms with Crippen molar-refractivity contribution in [2.24, 2.45) is 0 Å². The van der Waals surface area contributed by atoms with Crippen molar-refractivity contribution in [3.05, 3.63) is 37.7 Å². The third kappa shape index (κ3) is 2.52. The van der Waals surface area contributed by atoms with Crippen molar-refractivity contribution in [1.29, 1.82) is 0 Å². The first-order valence-corrected chi connectivity index (χ1v) is 6.52. The van der Waals surface area contributed by atoms with Crippen molar-refractivity contribution in [3.63, 3.8) is 0 Å². The molecule has 0 unspecified atom stereocenters. The standard InChI is InChI=1S/C11H7BrINO3/c1-5-9(11(15)16)17-10(14-5)7-4-6(12)2-3-8(7)13/h2-4H,1H3,(H,15,16). The summed E-state index contributed by atoms with van der Waals surface area (Å²) in [5.74, 6) is -0.896. The molecule has 4 nitrogen and oxygen atoms in total. The second-order valence-corrected chi connectivity index (χ2v) is 5.44. The fourth-order valence-corrected chi connectivity index (χ4v) is 2.30. The van der Waals surface area contributed by atoms with Gasteiger partial charge in [-0.15, -0.1) is 0 Å². The minimum absolute atomic E-state index is 0.115. The van der Waals surface area contributed by atoms with Crippen molar-refractivity contribution < 1.29 is 14.3 Å². The molecule has 88 valence electrons. The maximum absolute atomic E-state index is 10.9. The van der Waals surface area contributed by atoms with E-state index in [0.29, 0.717) is 11.6 Å².